The molecule has 1 aliphatic rings. The predicted octanol–water partition coefficient (Wildman–Crippen LogP) is 5.13. The van der Waals surface area contributed by atoms with Gasteiger partial charge in [-0.1, -0.05) is 6.07 Å². The van der Waals surface area contributed by atoms with Crippen LogP contribution in [0.2, 0.25) is 0 Å². The quantitative estimate of drug-likeness (QED) is 0.461. The molecule has 3 aromatic rings. The van der Waals surface area contributed by atoms with Crippen molar-refractivity contribution < 1.29 is 23.1 Å². The zero-order chi connectivity index (χ0) is 24.6. The number of aryl methyl sites for hydroxylation is 4. The maximum Gasteiger partial charge on any atom is 0.335 e. The number of hydrogen-bond donors (Lipinski definition) is 1. The van der Waals surface area contributed by atoms with Crippen LogP contribution >= 0.6 is 11.3 Å². The zero-order valence-electron chi connectivity index (χ0n) is 19.7. The Morgan fingerprint density at radius 1 is 1.18 bits per heavy atom. The molecule has 4 rings (SSSR count). The molecular formula is C25H28N2O5S2. The number of fused-ring (bicyclic) bond motifs is 1. The highest BCUT2D eigenvalue weighted by atomic mass is 32.2. The molecule has 1 aliphatic carbocycles. The molecule has 0 radical (unpaired) electrons. The summed E-state index contributed by atoms with van der Waals surface area (Å²) >= 11 is 1.11. The van der Waals surface area contributed by atoms with Gasteiger partial charge in [-0.3, -0.25) is 4.31 Å². The minimum atomic E-state index is -3.88. The number of thiazole rings is 1. The van der Waals surface area contributed by atoms with Crippen molar-refractivity contribution >= 4 is 33.0 Å². The number of sulfonamides is 1. The zero-order valence-corrected chi connectivity index (χ0v) is 21.3. The van der Waals surface area contributed by atoms with Crippen molar-refractivity contribution in [2.24, 2.45) is 0 Å². The molecular weight excluding hydrogens is 472 g/mol. The first-order valence-electron chi connectivity index (χ1n) is 11.2. The number of nitrogens with zero attached hydrogens (tertiary/aromatic N) is 2. The molecule has 0 atom stereocenters. The number of aromatic nitrogens is 1. The van der Waals surface area contributed by atoms with Crippen LogP contribution in [-0.4, -0.2) is 30.5 Å². The normalized spacial score (nSPS) is 13.2. The van der Waals surface area contributed by atoms with Crippen molar-refractivity contribution in [3.05, 3.63) is 69.2 Å². The maximum atomic E-state index is 13.6. The van der Waals surface area contributed by atoms with E-state index in [9.17, 15) is 18.3 Å². The van der Waals surface area contributed by atoms with Crippen LogP contribution in [0, 0.1) is 13.8 Å². The van der Waals surface area contributed by atoms with E-state index < -0.39 is 16.0 Å². The Morgan fingerprint density at radius 2 is 1.88 bits per heavy atom. The minimum absolute atomic E-state index is 0.0604. The van der Waals surface area contributed by atoms with Crippen LogP contribution in [-0.2, 0) is 29.5 Å². The molecule has 0 bridgehead atoms. The Kier molecular flexibility index (Phi) is 6.69. The fourth-order valence-corrected chi connectivity index (χ4v) is 7.02. The van der Waals surface area contributed by atoms with Gasteiger partial charge in [0, 0.05) is 17.1 Å². The highest BCUT2D eigenvalue weighted by Gasteiger charge is 2.33. The third-order valence-corrected chi connectivity index (χ3v) is 9.27. The average molecular weight is 501 g/mol. The van der Waals surface area contributed by atoms with Crippen molar-refractivity contribution in [1.29, 1.82) is 0 Å². The Bertz CT molecular complexity index is 1350. The second-order valence-corrected chi connectivity index (χ2v) is 11.7. The van der Waals surface area contributed by atoms with Crippen molar-refractivity contribution in [3.8, 4) is 5.75 Å². The fraction of sp³-hybridized carbons (Fsp3) is 0.360. The molecule has 0 amide bonds. The van der Waals surface area contributed by atoms with Gasteiger partial charge in [0.2, 0.25) is 4.34 Å². The van der Waals surface area contributed by atoms with Gasteiger partial charge in [-0.2, -0.15) is 8.42 Å². The third kappa shape index (κ3) is 4.67. The molecule has 0 aliphatic heterocycles. The lowest BCUT2D eigenvalue weighted by Gasteiger charge is -2.29. The molecule has 2 aromatic carbocycles. The molecule has 0 unspecified atom stereocenters. The molecule has 0 spiro atoms. The van der Waals surface area contributed by atoms with Crippen LogP contribution < -0.4 is 9.04 Å². The van der Waals surface area contributed by atoms with Gasteiger partial charge in [0.05, 0.1) is 11.3 Å². The van der Waals surface area contributed by atoms with Crippen LogP contribution in [0.4, 0.5) is 5.69 Å². The molecule has 0 saturated heterocycles. The first-order valence-corrected chi connectivity index (χ1v) is 13.5. The van der Waals surface area contributed by atoms with E-state index in [4.69, 9.17) is 4.74 Å². The van der Waals surface area contributed by atoms with Gasteiger partial charge in [-0.15, -0.1) is 11.3 Å². The first-order chi connectivity index (χ1) is 16.1. The summed E-state index contributed by atoms with van der Waals surface area (Å²) in [6, 6.07) is 8.44. The fourth-order valence-electron chi connectivity index (χ4n) is 4.24. The van der Waals surface area contributed by atoms with Crippen molar-refractivity contribution in [3.63, 3.8) is 0 Å². The molecule has 0 saturated carbocycles. The van der Waals surface area contributed by atoms with Gasteiger partial charge in [-0.25, -0.2) is 9.78 Å². The Balaban J connectivity index is 1.74. The number of hydrogen-bond acceptors (Lipinski definition) is 6. The summed E-state index contributed by atoms with van der Waals surface area (Å²) in [7, 11) is -3.88. The number of aromatic carboxylic acids is 1. The van der Waals surface area contributed by atoms with E-state index in [1.807, 2.05) is 32.9 Å². The number of benzene rings is 2. The molecule has 34 heavy (non-hydrogen) atoms. The Hall–Kier alpha value is -2.91. The summed E-state index contributed by atoms with van der Waals surface area (Å²) in [5.74, 6) is -0.486. The smallest absolute Gasteiger partial charge is 0.335 e. The lowest BCUT2D eigenvalue weighted by molar-refractivity contribution is 0.0696. The van der Waals surface area contributed by atoms with Crippen molar-refractivity contribution in [1.82, 2.24) is 4.98 Å². The van der Waals surface area contributed by atoms with Crippen LogP contribution in [0.5, 0.6) is 5.75 Å². The predicted molar refractivity (Wildman–Crippen MR) is 133 cm³/mol. The topological polar surface area (TPSA) is 96.8 Å². The number of carbonyl (C=O) groups is 1. The Labute approximate surface area is 204 Å². The molecule has 9 heteroatoms. The number of anilines is 1. The van der Waals surface area contributed by atoms with Crippen LogP contribution in [0.15, 0.2) is 40.1 Å². The van der Waals surface area contributed by atoms with E-state index in [-0.39, 0.29) is 22.6 Å². The lowest BCUT2D eigenvalue weighted by Crippen LogP contribution is -2.37. The number of carboxylic acids is 1. The lowest BCUT2D eigenvalue weighted by atomic mass is 10.1. The monoisotopic (exact) mass is 500 g/mol. The van der Waals surface area contributed by atoms with Crippen molar-refractivity contribution in [2.45, 2.75) is 63.9 Å². The van der Waals surface area contributed by atoms with E-state index in [1.165, 1.54) is 9.87 Å². The van der Waals surface area contributed by atoms with Gasteiger partial charge in [0.25, 0.3) is 10.0 Å². The van der Waals surface area contributed by atoms with E-state index in [0.717, 1.165) is 47.3 Å². The standard InChI is InChI=1S/C25H28N2O5S2/c1-15(2)27(34(30,31)25-26-17(4)14-33-25)22-11-18-6-5-7-19(18)12-23(22)32-13-21-9-8-20(24(28)29)10-16(21)3/h8-12,14-15H,5-7,13H2,1-4H3,(H,28,29). The highest BCUT2D eigenvalue weighted by molar-refractivity contribution is 7.94. The third-order valence-electron chi connectivity index (χ3n) is 5.93. The average Bonchev–Trinajstić information content (AvgIpc) is 3.41. The van der Waals surface area contributed by atoms with Crippen LogP contribution in [0.3, 0.4) is 0 Å². The van der Waals surface area contributed by atoms with E-state index in [1.54, 1.807) is 30.5 Å². The largest absolute Gasteiger partial charge is 0.487 e. The summed E-state index contributed by atoms with van der Waals surface area (Å²) < 4.78 is 35.0. The van der Waals surface area contributed by atoms with Crippen LogP contribution in [0.1, 0.15) is 58.6 Å². The second kappa shape index (κ2) is 9.38. The van der Waals surface area contributed by atoms with E-state index in [0.29, 0.717) is 17.1 Å². The maximum absolute atomic E-state index is 13.6. The van der Waals surface area contributed by atoms with Gasteiger partial charge >= 0.3 is 5.97 Å². The van der Waals surface area contributed by atoms with Crippen LogP contribution in [0.25, 0.3) is 0 Å². The summed E-state index contributed by atoms with van der Waals surface area (Å²) in [4.78, 5) is 15.5. The van der Waals surface area contributed by atoms with E-state index >= 15 is 0 Å². The van der Waals surface area contributed by atoms with Crippen molar-refractivity contribution in [2.75, 3.05) is 4.31 Å². The number of ether oxygens (including phenoxy) is 1. The molecule has 1 heterocycles. The minimum Gasteiger partial charge on any atom is -0.487 e. The summed E-state index contributed by atoms with van der Waals surface area (Å²) in [6.45, 7) is 7.48. The summed E-state index contributed by atoms with van der Waals surface area (Å²) in [6.07, 6.45) is 2.85. The second-order valence-electron chi connectivity index (χ2n) is 8.83. The summed E-state index contributed by atoms with van der Waals surface area (Å²) in [5, 5.41) is 11.0. The summed E-state index contributed by atoms with van der Waals surface area (Å²) in [5.41, 5.74) is 5.33. The molecule has 0 fully saturated rings. The molecule has 1 N–H and O–H groups in total. The van der Waals surface area contributed by atoms with Gasteiger partial charge in [0.15, 0.2) is 0 Å². The number of carboxylic acid groups (broad SMARTS) is 1. The SMILES string of the molecule is Cc1csc(S(=O)(=O)N(c2cc3c(cc2OCc2ccc(C(=O)O)cc2C)CCC3)C(C)C)n1. The Morgan fingerprint density at radius 3 is 2.47 bits per heavy atom. The number of rotatable bonds is 8. The van der Waals surface area contributed by atoms with Gasteiger partial charge in [-0.05, 0) is 93.5 Å². The van der Waals surface area contributed by atoms with E-state index in [2.05, 4.69) is 4.98 Å². The van der Waals surface area contributed by atoms with Gasteiger partial charge < -0.3 is 9.84 Å². The molecule has 1 aromatic heterocycles. The van der Waals surface area contributed by atoms with Gasteiger partial charge in [0.1, 0.15) is 12.4 Å². The molecule has 180 valence electrons. The first kappa shape index (κ1) is 24.2. The highest BCUT2D eigenvalue weighted by Crippen LogP contribution is 2.40. The molecule has 7 nitrogen and oxygen atoms in total.